The standard InChI is InChI=1S/C17H12ClN3O/c18-16-10-13(6-9-20-16)17(22)21-15-11-19-8-7-14(15)12-4-2-1-3-5-12/h1-11H,(H,21,22). The number of halogens is 1. The molecule has 0 atom stereocenters. The molecule has 0 aliphatic carbocycles. The monoisotopic (exact) mass is 309 g/mol. The van der Waals surface area contributed by atoms with Gasteiger partial charge in [-0.1, -0.05) is 41.9 Å². The summed E-state index contributed by atoms with van der Waals surface area (Å²) in [6, 6.07) is 14.8. The van der Waals surface area contributed by atoms with E-state index in [0.717, 1.165) is 11.1 Å². The molecule has 108 valence electrons. The van der Waals surface area contributed by atoms with Gasteiger partial charge in [-0.05, 0) is 23.8 Å². The number of anilines is 1. The highest BCUT2D eigenvalue weighted by atomic mass is 35.5. The zero-order valence-electron chi connectivity index (χ0n) is 11.5. The number of hydrogen-bond acceptors (Lipinski definition) is 3. The molecule has 0 radical (unpaired) electrons. The average Bonchev–Trinajstić information content (AvgIpc) is 2.56. The number of pyridine rings is 2. The lowest BCUT2D eigenvalue weighted by molar-refractivity contribution is 0.102. The number of aromatic nitrogens is 2. The molecule has 2 heterocycles. The second-order valence-electron chi connectivity index (χ2n) is 4.61. The van der Waals surface area contributed by atoms with E-state index in [4.69, 9.17) is 11.6 Å². The third-order valence-electron chi connectivity index (χ3n) is 3.14. The Morgan fingerprint density at radius 2 is 1.86 bits per heavy atom. The van der Waals surface area contributed by atoms with E-state index in [1.54, 1.807) is 18.5 Å². The van der Waals surface area contributed by atoms with E-state index in [1.807, 2.05) is 36.4 Å². The van der Waals surface area contributed by atoms with Crippen molar-refractivity contribution in [1.29, 1.82) is 0 Å². The molecule has 0 saturated carbocycles. The fourth-order valence-electron chi connectivity index (χ4n) is 2.10. The van der Waals surface area contributed by atoms with Crippen LogP contribution in [0.25, 0.3) is 11.1 Å². The van der Waals surface area contributed by atoms with E-state index < -0.39 is 0 Å². The average molecular weight is 310 g/mol. The highest BCUT2D eigenvalue weighted by Crippen LogP contribution is 2.27. The van der Waals surface area contributed by atoms with Gasteiger partial charge < -0.3 is 5.32 Å². The van der Waals surface area contributed by atoms with Crippen molar-refractivity contribution < 1.29 is 4.79 Å². The second kappa shape index (κ2) is 6.37. The Labute approximate surface area is 132 Å². The van der Waals surface area contributed by atoms with Crippen LogP contribution in [0.2, 0.25) is 5.15 Å². The van der Waals surface area contributed by atoms with Crippen LogP contribution in [-0.2, 0) is 0 Å². The van der Waals surface area contributed by atoms with Crippen molar-refractivity contribution in [2.45, 2.75) is 0 Å². The normalized spacial score (nSPS) is 10.2. The van der Waals surface area contributed by atoms with E-state index in [0.29, 0.717) is 11.3 Å². The van der Waals surface area contributed by atoms with Crippen molar-refractivity contribution in [3.63, 3.8) is 0 Å². The van der Waals surface area contributed by atoms with Gasteiger partial charge in [0.2, 0.25) is 0 Å². The number of amides is 1. The first-order valence-corrected chi connectivity index (χ1v) is 7.04. The first kappa shape index (κ1) is 14.2. The van der Waals surface area contributed by atoms with Crippen LogP contribution in [0, 0.1) is 0 Å². The van der Waals surface area contributed by atoms with Gasteiger partial charge >= 0.3 is 0 Å². The maximum atomic E-state index is 12.3. The molecule has 2 aromatic heterocycles. The van der Waals surface area contributed by atoms with Gasteiger partial charge in [0, 0.05) is 23.5 Å². The molecule has 4 nitrogen and oxygen atoms in total. The molecule has 0 unspecified atom stereocenters. The van der Waals surface area contributed by atoms with E-state index >= 15 is 0 Å². The van der Waals surface area contributed by atoms with E-state index in [-0.39, 0.29) is 11.1 Å². The number of nitrogens with one attached hydrogen (secondary N) is 1. The summed E-state index contributed by atoms with van der Waals surface area (Å²) in [5.41, 5.74) is 3.01. The molecule has 1 aromatic carbocycles. The summed E-state index contributed by atoms with van der Waals surface area (Å²) < 4.78 is 0. The Hall–Kier alpha value is -2.72. The SMILES string of the molecule is O=C(Nc1cnccc1-c1ccccc1)c1ccnc(Cl)c1. The Morgan fingerprint density at radius 1 is 1.05 bits per heavy atom. The summed E-state index contributed by atoms with van der Waals surface area (Å²) in [7, 11) is 0. The minimum atomic E-state index is -0.255. The van der Waals surface area contributed by atoms with E-state index in [9.17, 15) is 4.79 Å². The molecule has 0 bridgehead atoms. The zero-order chi connectivity index (χ0) is 15.4. The van der Waals surface area contributed by atoms with Crippen LogP contribution >= 0.6 is 11.6 Å². The first-order chi connectivity index (χ1) is 10.7. The van der Waals surface area contributed by atoms with Gasteiger partial charge in [0.1, 0.15) is 5.15 Å². The van der Waals surface area contributed by atoms with Gasteiger partial charge in [0.05, 0.1) is 11.9 Å². The Kier molecular flexibility index (Phi) is 4.12. The van der Waals surface area contributed by atoms with Crippen LogP contribution in [0.1, 0.15) is 10.4 Å². The topological polar surface area (TPSA) is 54.9 Å². The Bertz CT molecular complexity index is 806. The van der Waals surface area contributed by atoms with Gasteiger partial charge in [0.25, 0.3) is 5.91 Å². The number of nitrogens with zero attached hydrogens (tertiary/aromatic N) is 2. The molecule has 1 N–H and O–H groups in total. The second-order valence-corrected chi connectivity index (χ2v) is 5.00. The minimum Gasteiger partial charge on any atom is -0.320 e. The van der Waals surface area contributed by atoms with Crippen LogP contribution in [0.5, 0.6) is 0 Å². The Morgan fingerprint density at radius 3 is 2.64 bits per heavy atom. The summed E-state index contributed by atoms with van der Waals surface area (Å²) in [4.78, 5) is 20.3. The molecule has 3 rings (SSSR count). The van der Waals surface area contributed by atoms with Gasteiger partial charge in [-0.25, -0.2) is 4.98 Å². The number of rotatable bonds is 3. The quantitative estimate of drug-likeness (QED) is 0.743. The molecule has 5 heteroatoms. The van der Waals surface area contributed by atoms with Crippen LogP contribution < -0.4 is 5.32 Å². The largest absolute Gasteiger partial charge is 0.320 e. The summed E-state index contributed by atoms with van der Waals surface area (Å²) in [5.74, 6) is -0.255. The fraction of sp³-hybridized carbons (Fsp3) is 0. The Balaban J connectivity index is 1.92. The van der Waals surface area contributed by atoms with Crippen LogP contribution in [0.3, 0.4) is 0 Å². The molecule has 0 fully saturated rings. The number of hydrogen-bond donors (Lipinski definition) is 1. The van der Waals surface area contributed by atoms with Crippen LogP contribution in [-0.4, -0.2) is 15.9 Å². The first-order valence-electron chi connectivity index (χ1n) is 6.66. The smallest absolute Gasteiger partial charge is 0.255 e. The third kappa shape index (κ3) is 3.13. The van der Waals surface area contributed by atoms with E-state index in [1.165, 1.54) is 12.3 Å². The van der Waals surface area contributed by atoms with Gasteiger partial charge in [-0.15, -0.1) is 0 Å². The minimum absolute atomic E-state index is 0.255. The molecular formula is C17H12ClN3O. The summed E-state index contributed by atoms with van der Waals surface area (Å²) >= 11 is 5.82. The summed E-state index contributed by atoms with van der Waals surface area (Å²) in [5, 5.41) is 3.14. The number of carbonyl (C=O) groups excluding carboxylic acids is 1. The maximum absolute atomic E-state index is 12.3. The lowest BCUT2D eigenvalue weighted by Crippen LogP contribution is -2.13. The van der Waals surface area contributed by atoms with Gasteiger partial charge in [-0.2, -0.15) is 0 Å². The predicted octanol–water partition coefficient (Wildman–Crippen LogP) is 4.05. The molecule has 1 amide bonds. The van der Waals surface area contributed by atoms with Crippen molar-refractivity contribution in [2.75, 3.05) is 5.32 Å². The highest BCUT2D eigenvalue weighted by molar-refractivity contribution is 6.29. The third-order valence-corrected chi connectivity index (χ3v) is 3.35. The molecule has 0 spiro atoms. The molecule has 0 aliphatic rings. The maximum Gasteiger partial charge on any atom is 0.255 e. The lowest BCUT2D eigenvalue weighted by Gasteiger charge is -2.10. The number of benzene rings is 1. The molecule has 3 aromatic rings. The van der Waals surface area contributed by atoms with Crippen molar-refractivity contribution in [1.82, 2.24) is 9.97 Å². The molecule has 22 heavy (non-hydrogen) atoms. The van der Waals surface area contributed by atoms with Crippen LogP contribution in [0.15, 0.2) is 67.1 Å². The molecule has 0 saturated heterocycles. The van der Waals surface area contributed by atoms with Crippen LogP contribution in [0.4, 0.5) is 5.69 Å². The predicted molar refractivity (Wildman–Crippen MR) is 86.9 cm³/mol. The highest BCUT2D eigenvalue weighted by Gasteiger charge is 2.11. The van der Waals surface area contributed by atoms with Gasteiger partial charge in [0.15, 0.2) is 0 Å². The zero-order valence-corrected chi connectivity index (χ0v) is 12.3. The summed E-state index contributed by atoms with van der Waals surface area (Å²) in [6.45, 7) is 0. The summed E-state index contributed by atoms with van der Waals surface area (Å²) in [6.07, 6.45) is 4.82. The fourth-order valence-corrected chi connectivity index (χ4v) is 2.28. The van der Waals surface area contributed by atoms with Crippen molar-refractivity contribution >= 4 is 23.2 Å². The van der Waals surface area contributed by atoms with Crippen molar-refractivity contribution in [2.24, 2.45) is 0 Å². The lowest BCUT2D eigenvalue weighted by atomic mass is 10.1. The molecule has 0 aliphatic heterocycles. The van der Waals surface area contributed by atoms with Gasteiger partial charge in [-0.3, -0.25) is 9.78 Å². The van der Waals surface area contributed by atoms with Crippen molar-refractivity contribution in [3.05, 3.63) is 77.8 Å². The van der Waals surface area contributed by atoms with Crippen molar-refractivity contribution in [3.8, 4) is 11.1 Å². The molecular weight excluding hydrogens is 298 g/mol. The number of carbonyl (C=O) groups is 1. The van der Waals surface area contributed by atoms with E-state index in [2.05, 4.69) is 15.3 Å².